The van der Waals surface area contributed by atoms with Gasteiger partial charge in [0.2, 0.25) is 11.9 Å². The minimum atomic E-state index is -0.00951. The smallest absolute Gasteiger partial charge is 0.223 e. The van der Waals surface area contributed by atoms with Crippen molar-refractivity contribution in [2.45, 2.75) is 38.1 Å². The summed E-state index contributed by atoms with van der Waals surface area (Å²) < 4.78 is 0. The molecule has 0 spiro atoms. The number of hydrogen-bond donors (Lipinski definition) is 1. The summed E-state index contributed by atoms with van der Waals surface area (Å²) in [6.07, 6.45) is 10.7. The van der Waals surface area contributed by atoms with Crippen molar-refractivity contribution in [1.29, 1.82) is 0 Å². The molecule has 1 aliphatic rings. The summed E-state index contributed by atoms with van der Waals surface area (Å²) in [7, 11) is 0. The highest BCUT2D eigenvalue weighted by atomic mass is 35.5. The van der Waals surface area contributed by atoms with Gasteiger partial charge in [0.15, 0.2) is 0 Å². The zero-order chi connectivity index (χ0) is 21.5. The van der Waals surface area contributed by atoms with Gasteiger partial charge in [-0.1, -0.05) is 23.7 Å². The monoisotopic (exact) mass is 436 g/mol. The maximum Gasteiger partial charge on any atom is 0.223 e. The summed E-state index contributed by atoms with van der Waals surface area (Å²) in [6.45, 7) is 1.42. The zero-order valence-corrected chi connectivity index (χ0v) is 18.0. The standard InChI is InChI=1S/C23H25ClN6O/c24-18-6-1-5-17(13-18)14-19-15-25-16-20(29-19)21-7-3-12-30(21)22(31)8-2-9-26-23-27-10-4-11-28-23/h1,4-6,10-11,13,15-16,21H,2-3,7-9,12,14H2,(H,26,27,28)/t21-/m1/s1. The van der Waals surface area contributed by atoms with Crippen molar-refractivity contribution in [3.05, 3.63) is 77.1 Å². The summed E-state index contributed by atoms with van der Waals surface area (Å²) in [5, 5.41) is 3.85. The van der Waals surface area contributed by atoms with Crippen molar-refractivity contribution in [3.8, 4) is 0 Å². The molecule has 7 nitrogen and oxygen atoms in total. The molecule has 1 saturated heterocycles. The lowest BCUT2D eigenvalue weighted by Gasteiger charge is -2.24. The minimum Gasteiger partial charge on any atom is -0.354 e. The Hall–Kier alpha value is -3.06. The number of halogens is 1. The van der Waals surface area contributed by atoms with Gasteiger partial charge in [0.05, 0.1) is 23.6 Å². The normalized spacial score (nSPS) is 15.8. The van der Waals surface area contributed by atoms with Crippen LogP contribution in [-0.2, 0) is 11.2 Å². The average Bonchev–Trinajstić information content (AvgIpc) is 3.28. The van der Waals surface area contributed by atoms with Crippen LogP contribution in [0, 0.1) is 0 Å². The molecule has 1 amide bonds. The molecule has 8 heteroatoms. The summed E-state index contributed by atoms with van der Waals surface area (Å²) in [5.74, 6) is 0.737. The topological polar surface area (TPSA) is 83.9 Å². The van der Waals surface area contributed by atoms with Crippen LogP contribution in [0.5, 0.6) is 0 Å². The van der Waals surface area contributed by atoms with E-state index in [1.165, 1.54) is 0 Å². The summed E-state index contributed by atoms with van der Waals surface area (Å²) in [6, 6.07) is 9.53. The molecule has 3 aromatic rings. The van der Waals surface area contributed by atoms with Crippen molar-refractivity contribution in [2.75, 3.05) is 18.4 Å². The molecule has 3 heterocycles. The second-order valence-electron chi connectivity index (χ2n) is 7.59. The highest BCUT2D eigenvalue weighted by Crippen LogP contribution is 2.31. The number of nitrogens with one attached hydrogen (secondary N) is 1. The van der Waals surface area contributed by atoms with E-state index in [0.717, 1.165) is 42.8 Å². The largest absolute Gasteiger partial charge is 0.354 e. The van der Waals surface area contributed by atoms with Crippen LogP contribution < -0.4 is 5.32 Å². The number of carbonyl (C=O) groups is 1. The first-order chi connectivity index (χ1) is 15.2. The molecule has 160 valence electrons. The van der Waals surface area contributed by atoms with Gasteiger partial charge in [-0.2, -0.15) is 0 Å². The Labute approximate surface area is 186 Å². The number of carbonyl (C=O) groups excluding carboxylic acids is 1. The lowest BCUT2D eigenvalue weighted by atomic mass is 10.1. The predicted molar refractivity (Wildman–Crippen MR) is 120 cm³/mol. The van der Waals surface area contributed by atoms with E-state index >= 15 is 0 Å². The van der Waals surface area contributed by atoms with E-state index in [9.17, 15) is 4.79 Å². The maximum absolute atomic E-state index is 12.9. The molecule has 0 aliphatic carbocycles. The molecular formula is C23H25ClN6O. The number of anilines is 1. The van der Waals surface area contributed by atoms with Crippen molar-refractivity contribution in [3.63, 3.8) is 0 Å². The summed E-state index contributed by atoms with van der Waals surface area (Å²) >= 11 is 6.10. The lowest BCUT2D eigenvalue weighted by Crippen LogP contribution is -2.31. The van der Waals surface area contributed by atoms with Gasteiger partial charge in [-0.15, -0.1) is 0 Å². The maximum atomic E-state index is 12.9. The Bertz CT molecular complexity index is 1020. The van der Waals surface area contributed by atoms with Crippen LogP contribution in [0.15, 0.2) is 55.1 Å². The number of benzene rings is 1. The first-order valence-electron chi connectivity index (χ1n) is 10.5. The van der Waals surface area contributed by atoms with Crippen LogP contribution in [0.25, 0.3) is 0 Å². The molecule has 0 unspecified atom stereocenters. The Balaban J connectivity index is 1.34. The van der Waals surface area contributed by atoms with Gasteiger partial charge in [-0.25, -0.2) is 9.97 Å². The molecule has 31 heavy (non-hydrogen) atoms. The molecule has 1 atom stereocenters. The van der Waals surface area contributed by atoms with Gasteiger partial charge in [-0.05, 0) is 43.0 Å². The highest BCUT2D eigenvalue weighted by Gasteiger charge is 2.30. The van der Waals surface area contributed by atoms with E-state index in [-0.39, 0.29) is 11.9 Å². The third kappa shape index (κ3) is 5.76. The number of hydrogen-bond acceptors (Lipinski definition) is 6. The van der Waals surface area contributed by atoms with Crippen LogP contribution in [0.2, 0.25) is 5.02 Å². The molecule has 1 aliphatic heterocycles. The van der Waals surface area contributed by atoms with E-state index in [1.54, 1.807) is 30.9 Å². The first-order valence-corrected chi connectivity index (χ1v) is 10.9. The Kier molecular flexibility index (Phi) is 7.04. The number of likely N-dealkylation sites (tertiary alicyclic amines) is 1. The number of amides is 1. The molecule has 0 bridgehead atoms. The number of aromatic nitrogens is 4. The summed E-state index contributed by atoms with van der Waals surface area (Å²) in [5.41, 5.74) is 2.83. The van der Waals surface area contributed by atoms with Crippen LogP contribution in [0.1, 0.15) is 48.7 Å². The van der Waals surface area contributed by atoms with Crippen LogP contribution >= 0.6 is 11.6 Å². The van der Waals surface area contributed by atoms with Crippen LogP contribution in [0.3, 0.4) is 0 Å². The van der Waals surface area contributed by atoms with E-state index in [2.05, 4.69) is 20.3 Å². The fourth-order valence-corrected chi connectivity index (χ4v) is 4.08. The molecule has 0 radical (unpaired) electrons. The molecule has 2 aromatic heterocycles. The fraction of sp³-hybridized carbons (Fsp3) is 0.348. The van der Waals surface area contributed by atoms with Crippen LogP contribution in [-0.4, -0.2) is 43.8 Å². The predicted octanol–water partition coefficient (Wildman–Crippen LogP) is 4.07. The van der Waals surface area contributed by atoms with E-state index in [0.29, 0.717) is 30.4 Å². The Morgan fingerprint density at radius 1 is 1.19 bits per heavy atom. The third-order valence-corrected chi connectivity index (χ3v) is 5.54. The molecule has 1 aromatic carbocycles. The van der Waals surface area contributed by atoms with Gasteiger partial charge >= 0.3 is 0 Å². The Morgan fingerprint density at radius 3 is 2.90 bits per heavy atom. The molecule has 4 rings (SSSR count). The van der Waals surface area contributed by atoms with E-state index < -0.39 is 0 Å². The van der Waals surface area contributed by atoms with Gasteiger partial charge in [0.25, 0.3) is 0 Å². The van der Waals surface area contributed by atoms with Crippen molar-refractivity contribution in [1.82, 2.24) is 24.8 Å². The van der Waals surface area contributed by atoms with Crippen molar-refractivity contribution < 1.29 is 4.79 Å². The quantitative estimate of drug-likeness (QED) is 0.536. The first kappa shape index (κ1) is 21.2. The van der Waals surface area contributed by atoms with Gasteiger partial charge in [0.1, 0.15) is 0 Å². The average molecular weight is 437 g/mol. The molecule has 0 saturated carbocycles. The number of rotatable bonds is 8. The van der Waals surface area contributed by atoms with Gasteiger partial charge < -0.3 is 10.2 Å². The van der Waals surface area contributed by atoms with E-state index in [1.807, 2.05) is 29.2 Å². The minimum absolute atomic E-state index is 0.00951. The summed E-state index contributed by atoms with van der Waals surface area (Å²) in [4.78, 5) is 32.3. The molecule has 1 N–H and O–H groups in total. The molecular weight excluding hydrogens is 412 g/mol. The van der Waals surface area contributed by atoms with Gasteiger partial charge in [-0.3, -0.25) is 14.8 Å². The van der Waals surface area contributed by atoms with Crippen molar-refractivity contribution >= 4 is 23.5 Å². The Morgan fingerprint density at radius 2 is 2.06 bits per heavy atom. The van der Waals surface area contributed by atoms with E-state index in [4.69, 9.17) is 16.6 Å². The zero-order valence-electron chi connectivity index (χ0n) is 17.2. The fourth-order valence-electron chi connectivity index (χ4n) is 3.87. The molecule has 1 fully saturated rings. The highest BCUT2D eigenvalue weighted by molar-refractivity contribution is 6.30. The van der Waals surface area contributed by atoms with Crippen LogP contribution in [0.4, 0.5) is 5.95 Å². The lowest BCUT2D eigenvalue weighted by molar-refractivity contribution is -0.132. The number of nitrogens with zero attached hydrogens (tertiary/aromatic N) is 5. The van der Waals surface area contributed by atoms with Gasteiger partial charge in [0, 0.05) is 49.5 Å². The SMILES string of the molecule is O=C(CCCNc1ncccn1)N1CCC[C@@H]1c1cncc(Cc2cccc(Cl)c2)n1. The third-order valence-electron chi connectivity index (χ3n) is 5.31. The van der Waals surface area contributed by atoms with Crippen molar-refractivity contribution in [2.24, 2.45) is 0 Å². The second-order valence-corrected chi connectivity index (χ2v) is 8.03. The second kappa shape index (κ2) is 10.3.